The minimum absolute atomic E-state index is 0.708. The summed E-state index contributed by atoms with van der Waals surface area (Å²) in [5.74, 6) is 0. The predicted octanol–water partition coefficient (Wildman–Crippen LogP) is 6.92. The van der Waals surface area contributed by atoms with E-state index in [9.17, 15) is 0 Å². The van der Waals surface area contributed by atoms with E-state index in [0.29, 0.717) is 0 Å². The first-order chi connectivity index (χ1) is 15.2. The predicted molar refractivity (Wildman–Crippen MR) is 130 cm³/mol. The highest BCUT2D eigenvalue weighted by Gasteiger charge is 2.35. The first-order valence-electron chi connectivity index (χ1n) is 10.3. The van der Waals surface area contributed by atoms with Crippen molar-refractivity contribution < 1.29 is 0 Å². The van der Waals surface area contributed by atoms with Crippen LogP contribution in [0.25, 0.3) is 16.8 Å². The van der Waals surface area contributed by atoms with Gasteiger partial charge in [0.1, 0.15) is 0 Å². The maximum atomic E-state index is 6.10. The van der Waals surface area contributed by atoms with Gasteiger partial charge in [0.05, 0.1) is 0 Å². The van der Waals surface area contributed by atoms with Crippen LogP contribution in [0.15, 0.2) is 120 Å². The summed E-state index contributed by atoms with van der Waals surface area (Å²) in [5.41, 5.74) is 5.90. The molecule has 31 heavy (non-hydrogen) atoms. The lowest BCUT2D eigenvalue weighted by atomic mass is 9.88. The van der Waals surface area contributed by atoms with Gasteiger partial charge in [0, 0.05) is 28.1 Å². The summed E-state index contributed by atoms with van der Waals surface area (Å²) in [6.07, 6.45) is 3.89. The summed E-state index contributed by atoms with van der Waals surface area (Å²) in [4.78, 5) is 4.96. The van der Waals surface area contributed by atoms with Crippen LogP contribution in [-0.4, -0.2) is 6.21 Å². The third kappa shape index (κ3) is 3.78. The van der Waals surface area contributed by atoms with Crippen LogP contribution in [0.2, 0.25) is 5.02 Å². The Morgan fingerprint density at radius 1 is 0.581 bits per heavy atom. The molecule has 5 rings (SSSR count). The summed E-state index contributed by atoms with van der Waals surface area (Å²) in [5, 5.41) is 4.44. The normalized spacial score (nSPS) is 17.6. The van der Waals surface area contributed by atoms with Crippen LogP contribution < -0.4 is 5.32 Å². The van der Waals surface area contributed by atoms with Crippen molar-refractivity contribution in [3.05, 3.63) is 137 Å². The van der Waals surface area contributed by atoms with E-state index in [-0.39, 0.29) is 0 Å². The molecule has 1 unspecified atom stereocenters. The monoisotopic (exact) mass is 420 g/mol. The zero-order valence-corrected chi connectivity index (χ0v) is 17.6. The summed E-state index contributed by atoms with van der Waals surface area (Å²) < 4.78 is 0. The number of rotatable bonds is 4. The molecule has 3 heteroatoms. The van der Waals surface area contributed by atoms with Gasteiger partial charge in [-0.3, -0.25) is 4.99 Å². The molecule has 0 spiro atoms. The summed E-state index contributed by atoms with van der Waals surface area (Å²) in [6, 6.07) is 37.2. The Bertz CT molecular complexity index is 1230. The number of benzene rings is 4. The third-order valence-corrected chi connectivity index (χ3v) is 5.83. The highest BCUT2D eigenvalue weighted by molar-refractivity contribution is 6.30. The molecular weight excluding hydrogens is 400 g/mol. The second-order valence-electron chi connectivity index (χ2n) is 7.51. The second kappa shape index (κ2) is 8.25. The SMILES string of the molecule is Clc1ccc(C2=CC=NC(c3ccccc3)(c3ccc(-c4ccccc4)cc3)N2)cc1. The number of aliphatic imine (C=N–C) groups is 1. The number of hydrogen-bond donors (Lipinski definition) is 1. The van der Waals surface area contributed by atoms with E-state index in [1.54, 1.807) is 0 Å². The van der Waals surface area contributed by atoms with Crippen LogP contribution in [-0.2, 0) is 5.66 Å². The quantitative estimate of drug-likeness (QED) is 0.380. The van der Waals surface area contributed by atoms with E-state index in [4.69, 9.17) is 16.6 Å². The van der Waals surface area contributed by atoms with E-state index < -0.39 is 5.66 Å². The van der Waals surface area contributed by atoms with Gasteiger partial charge in [-0.2, -0.15) is 0 Å². The average Bonchev–Trinajstić information content (AvgIpc) is 2.86. The summed E-state index contributed by atoms with van der Waals surface area (Å²) >= 11 is 6.10. The number of nitrogens with zero attached hydrogens (tertiary/aromatic N) is 1. The zero-order chi connectivity index (χ0) is 21.1. The summed E-state index contributed by atoms with van der Waals surface area (Å²) in [6.45, 7) is 0. The maximum Gasteiger partial charge on any atom is 0.181 e. The number of nitrogens with one attached hydrogen (secondary N) is 1. The number of halogens is 1. The van der Waals surface area contributed by atoms with Crippen molar-refractivity contribution in [2.24, 2.45) is 4.99 Å². The van der Waals surface area contributed by atoms with Gasteiger partial charge < -0.3 is 5.32 Å². The fourth-order valence-corrected chi connectivity index (χ4v) is 4.09. The Labute approximate surface area is 187 Å². The Balaban J connectivity index is 1.58. The van der Waals surface area contributed by atoms with Gasteiger partial charge in [-0.05, 0) is 34.9 Å². The van der Waals surface area contributed by atoms with Crippen LogP contribution in [0.4, 0.5) is 0 Å². The highest BCUT2D eigenvalue weighted by atomic mass is 35.5. The molecule has 0 saturated heterocycles. The Morgan fingerprint density at radius 2 is 1.13 bits per heavy atom. The molecule has 4 aromatic carbocycles. The van der Waals surface area contributed by atoms with Gasteiger partial charge >= 0.3 is 0 Å². The van der Waals surface area contributed by atoms with E-state index in [2.05, 4.69) is 66.0 Å². The van der Waals surface area contributed by atoms with E-state index in [1.807, 2.05) is 60.8 Å². The van der Waals surface area contributed by atoms with E-state index >= 15 is 0 Å². The second-order valence-corrected chi connectivity index (χ2v) is 7.95. The minimum atomic E-state index is -0.708. The molecule has 0 fully saturated rings. The zero-order valence-electron chi connectivity index (χ0n) is 16.9. The lowest BCUT2D eigenvalue weighted by molar-refractivity contribution is 0.491. The topological polar surface area (TPSA) is 24.4 Å². The van der Waals surface area contributed by atoms with Crippen molar-refractivity contribution in [3.63, 3.8) is 0 Å². The van der Waals surface area contributed by atoms with Crippen LogP contribution in [0.5, 0.6) is 0 Å². The van der Waals surface area contributed by atoms with Crippen LogP contribution in [0.1, 0.15) is 16.7 Å². The first kappa shape index (κ1) is 19.3. The van der Waals surface area contributed by atoms with Crippen molar-refractivity contribution in [1.29, 1.82) is 0 Å². The average molecular weight is 421 g/mol. The molecule has 0 saturated carbocycles. The molecule has 1 aliphatic heterocycles. The Morgan fingerprint density at radius 3 is 1.81 bits per heavy atom. The lowest BCUT2D eigenvalue weighted by Gasteiger charge is -2.36. The van der Waals surface area contributed by atoms with Gasteiger partial charge in [-0.25, -0.2) is 0 Å². The highest BCUT2D eigenvalue weighted by Crippen LogP contribution is 2.36. The van der Waals surface area contributed by atoms with Crippen molar-refractivity contribution in [3.8, 4) is 11.1 Å². The molecule has 2 nitrogen and oxygen atoms in total. The molecule has 1 aliphatic rings. The maximum absolute atomic E-state index is 6.10. The molecular formula is C28H21ClN2. The van der Waals surface area contributed by atoms with Crippen LogP contribution in [0.3, 0.4) is 0 Å². The third-order valence-electron chi connectivity index (χ3n) is 5.58. The molecule has 1 N–H and O–H groups in total. The van der Waals surface area contributed by atoms with Gasteiger partial charge in [0.25, 0.3) is 0 Å². The molecule has 0 radical (unpaired) electrons. The largest absolute Gasteiger partial charge is 0.353 e. The lowest BCUT2D eigenvalue weighted by Crippen LogP contribution is -2.42. The smallest absolute Gasteiger partial charge is 0.181 e. The summed E-state index contributed by atoms with van der Waals surface area (Å²) in [7, 11) is 0. The number of hydrogen-bond acceptors (Lipinski definition) is 2. The molecule has 1 atom stereocenters. The fraction of sp³-hybridized carbons (Fsp3) is 0.0357. The van der Waals surface area contributed by atoms with Crippen molar-refractivity contribution >= 4 is 23.5 Å². The Hall–Kier alpha value is -3.62. The Kier molecular flexibility index (Phi) is 5.15. The van der Waals surface area contributed by atoms with Gasteiger partial charge in [0.2, 0.25) is 0 Å². The van der Waals surface area contributed by atoms with Gasteiger partial charge in [-0.15, -0.1) is 0 Å². The standard InChI is InChI=1S/C28H21ClN2/c29-26-17-13-23(14-18-26)27-19-20-30-28(31-27,24-9-5-2-6-10-24)25-15-11-22(12-16-25)21-7-3-1-4-8-21/h1-20,31H. The van der Waals surface area contributed by atoms with Gasteiger partial charge in [-0.1, -0.05) is 109 Å². The van der Waals surface area contributed by atoms with Crippen molar-refractivity contribution in [2.45, 2.75) is 5.66 Å². The molecule has 0 aromatic heterocycles. The van der Waals surface area contributed by atoms with Crippen LogP contribution >= 0.6 is 11.6 Å². The fourth-order valence-electron chi connectivity index (χ4n) is 3.96. The molecule has 0 aliphatic carbocycles. The van der Waals surface area contributed by atoms with Crippen molar-refractivity contribution in [2.75, 3.05) is 0 Å². The van der Waals surface area contributed by atoms with E-state index in [1.165, 1.54) is 11.1 Å². The molecule has 0 amide bonds. The first-order valence-corrected chi connectivity index (χ1v) is 10.6. The molecule has 0 bridgehead atoms. The van der Waals surface area contributed by atoms with E-state index in [0.717, 1.165) is 27.4 Å². The molecule has 4 aromatic rings. The molecule has 1 heterocycles. The molecule has 150 valence electrons. The number of allylic oxidation sites excluding steroid dienone is 1. The minimum Gasteiger partial charge on any atom is -0.353 e. The van der Waals surface area contributed by atoms with Crippen molar-refractivity contribution in [1.82, 2.24) is 5.32 Å². The van der Waals surface area contributed by atoms with Crippen LogP contribution in [0, 0.1) is 0 Å². The van der Waals surface area contributed by atoms with Gasteiger partial charge in [0.15, 0.2) is 5.66 Å².